The van der Waals surface area contributed by atoms with E-state index in [0.717, 1.165) is 23.8 Å². The molecule has 3 aliphatic rings. The topological polar surface area (TPSA) is 59.5 Å². The van der Waals surface area contributed by atoms with E-state index in [1.54, 1.807) is 11.9 Å². The van der Waals surface area contributed by atoms with E-state index in [1.165, 1.54) is 4.90 Å². The SMILES string of the molecule is CCN1C(=O)C2C(N=C3N(c4cccc(Cl)c4C)CCN32)N(C)C1=O. The second kappa shape index (κ2) is 5.62. The number of carbonyl (C=O) groups is 2. The molecule has 3 aliphatic heterocycles. The van der Waals surface area contributed by atoms with Gasteiger partial charge in [-0.15, -0.1) is 0 Å². The predicted molar refractivity (Wildman–Crippen MR) is 95.8 cm³/mol. The van der Waals surface area contributed by atoms with Crippen LogP contribution in [0.2, 0.25) is 5.02 Å². The molecule has 0 saturated carbocycles. The Morgan fingerprint density at radius 1 is 1.28 bits per heavy atom. The van der Waals surface area contributed by atoms with Crippen molar-refractivity contribution >= 4 is 35.2 Å². The first-order valence-corrected chi connectivity index (χ1v) is 8.78. The Morgan fingerprint density at radius 2 is 2.04 bits per heavy atom. The molecule has 7 nitrogen and oxygen atoms in total. The van der Waals surface area contributed by atoms with Crippen LogP contribution in [0.5, 0.6) is 0 Å². The molecular weight excluding hydrogens is 342 g/mol. The zero-order valence-electron chi connectivity index (χ0n) is 14.4. The average Bonchev–Trinajstić information content (AvgIpc) is 3.15. The number of hydrogen-bond donors (Lipinski definition) is 0. The third-order valence-corrected chi connectivity index (χ3v) is 5.63. The Hall–Kier alpha value is -2.28. The lowest BCUT2D eigenvalue weighted by atomic mass is 10.1. The number of amides is 3. The second-order valence-corrected chi connectivity index (χ2v) is 6.90. The van der Waals surface area contributed by atoms with E-state index in [0.29, 0.717) is 18.1 Å². The summed E-state index contributed by atoms with van der Waals surface area (Å²) in [5.74, 6) is 0.574. The van der Waals surface area contributed by atoms with Crippen molar-refractivity contribution in [1.29, 1.82) is 0 Å². The highest BCUT2D eigenvalue weighted by Gasteiger charge is 2.54. The van der Waals surface area contributed by atoms with Crippen LogP contribution in [-0.4, -0.2) is 71.5 Å². The summed E-state index contributed by atoms with van der Waals surface area (Å²) in [4.78, 5) is 36.9. The van der Waals surface area contributed by atoms with Crippen LogP contribution in [0.15, 0.2) is 23.2 Å². The van der Waals surface area contributed by atoms with E-state index in [9.17, 15) is 9.59 Å². The zero-order chi connectivity index (χ0) is 17.9. The molecule has 0 spiro atoms. The van der Waals surface area contributed by atoms with E-state index in [1.807, 2.05) is 36.9 Å². The number of fused-ring (bicyclic) bond motifs is 3. The van der Waals surface area contributed by atoms with Gasteiger partial charge in [-0.25, -0.2) is 9.79 Å². The van der Waals surface area contributed by atoms with Gasteiger partial charge in [0.15, 0.2) is 12.2 Å². The van der Waals surface area contributed by atoms with Crippen molar-refractivity contribution in [1.82, 2.24) is 14.7 Å². The van der Waals surface area contributed by atoms with Gasteiger partial charge in [-0.05, 0) is 31.5 Å². The number of urea groups is 1. The maximum Gasteiger partial charge on any atom is 0.328 e. The molecule has 2 fully saturated rings. The second-order valence-electron chi connectivity index (χ2n) is 6.49. The van der Waals surface area contributed by atoms with Crippen molar-refractivity contribution in [2.45, 2.75) is 26.1 Å². The number of carbonyl (C=O) groups excluding carboxylic acids is 2. The third kappa shape index (κ3) is 2.15. The number of anilines is 1. The lowest BCUT2D eigenvalue weighted by Gasteiger charge is -2.40. The molecule has 0 bridgehead atoms. The van der Waals surface area contributed by atoms with Gasteiger partial charge >= 0.3 is 6.03 Å². The minimum absolute atomic E-state index is 0.168. The molecule has 1 aromatic rings. The summed E-state index contributed by atoms with van der Waals surface area (Å²) in [6.07, 6.45) is -0.472. The Labute approximate surface area is 151 Å². The highest BCUT2D eigenvalue weighted by Crippen LogP contribution is 2.35. The van der Waals surface area contributed by atoms with Gasteiger partial charge in [-0.1, -0.05) is 17.7 Å². The van der Waals surface area contributed by atoms with Crippen LogP contribution in [0.4, 0.5) is 10.5 Å². The maximum absolute atomic E-state index is 12.8. The van der Waals surface area contributed by atoms with Crippen LogP contribution in [0, 0.1) is 6.92 Å². The number of halogens is 1. The van der Waals surface area contributed by atoms with Crippen LogP contribution in [-0.2, 0) is 4.79 Å². The fourth-order valence-corrected chi connectivity index (χ4v) is 4.01. The van der Waals surface area contributed by atoms with Gasteiger partial charge < -0.3 is 14.7 Å². The number of rotatable bonds is 2. The fourth-order valence-electron chi connectivity index (χ4n) is 3.84. The quantitative estimate of drug-likeness (QED) is 0.805. The normalized spacial score (nSPS) is 25.5. The summed E-state index contributed by atoms with van der Waals surface area (Å²) < 4.78 is 0. The number of guanidine groups is 1. The van der Waals surface area contributed by atoms with Gasteiger partial charge in [-0.2, -0.15) is 0 Å². The summed E-state index contributed by atoms with van der Waals surface area (Å²) in [7, 11) is 1.70. The van der Waals surface area contributed by atoms with Gasteiger partial charge in [0.1, 0.15) is 0 Å². The number of hydrogen-bond acceptors (Lipinski definition) is 5. The van der Waals surface area contributed by atoms with Crippen LogP contribution in [0.25, 0.3) is 0 Å². The van der Waals surface area contributed by atoms with Crippen LogP contribution < -0.4 is 4.90 Å². The smallest absolute Gasteiger partial charge is 0.325 e. The van der Waals surface area contributed by atoms with Gasteiger partial charge in [0.25, 0.3) is 5.91 Å². The fraction of sp³-hybridized carbons (Fsp3) is 0.471. The van der Waals surface area contributed by atoms with E-state index in [2.05, 4.69) is 4.90 Å². The summed E-state index contributed by atoms with van der Waals surface area (Å²) in [5.41, 5.74) is 1.97. The van der Waals surface area contributed by atoms with Crippen molar-refractivity contribution in [2.75, 3.05) is 31.6 Å². The first kappa shape index (κ1) is 16.2. The lowest BCUT2D eigenvalue weighted by molar-refractivity contribution is -0.137. The number of likely N-dealkylation sites (N-methyl/N-ethyl adjacent to an activating group) is 2. The van der Waals surface area contributed by atoms with Crippen molar-refractivity contribution in [3.8, 4) is 0 Å². The Kier molecular flexibility index (Phi) is 3.64. The molecule has 0 radical (unpaired) electrons. The van der Waals surface area contributed by atoms with E-state index < -0.39 is 12.2 Å². The molecule has 2 atom stereocenters. The highest BCUT2D eigenvalue weighted by molar-refractivity contribution is 6.31. The summed E-state index contributed by atoms with van der Waals surface area (Å²) in [6, 6.07) is 5.05. The molecule has 3 amide bonds. The first-order chi connectivity index (χ1) is 12.0. The molecule has 132 valence electrons. The number of aliphatic imine (C=N–C) groups is 1. The van der Waals surface area contributed by atoms with Crippen molar-refractivity contribution in [2.24, 2.45) is 4.99 Å². The Morgan fingerprint density at radius 3 is 2.76 bits per heavy atom. The molecule has 2 unspecified atom stereocenters. The van der Waals surface area contributed by atoms with Crippen LogP contribution >= 0.6 is 11.6 Å². The molecule has 8 heteroatoms. The summed E-state index contributed by atoms with van der Waals surface area (Å²) >= 11 is 6.27. The Balaban J connectivity index is 1.73. The van der Waals surface area contributed by atoms with Gasteiger partial charge in [0.2, 0.25) is 5.96 Å². The van der Waals surface area contributed by atoms with Crippen LogP contribution in [0.1, 0.15) is 12.5 Å². The summed E-state index contributed by atoms with van der Waals surface area (Å²) in [6.45, 7) is 5.58. The van der Waals surface area contributed by atoms with Crippen molar-refractivity contribution < 1.29 is 9.59 Å². The van der Waals surface area contributed by atoms with Gasteiger partial charge in [0, 0.05) is 37.4 Å². The highest BCUT2D eigenvalue weighted by atomic mass is 35.5. The molecule has 25 heavy (non-hydrogen) atoms. The van der Waals surface area contributed by atoms with E-state index in [-0.39, 0.29) is 11.9 Å². The standard InChI is InChI=1S/C17H20ClN5O2/c1-4-21-15(24)13-14(20(3)17(21)25)19-16-22(8-9-23(13)16)12-7-5-6-11(18)10(12)2/h5-7,13-14H,4,8-9H2,1-3H3. The molecular formula is C17H20ClN5O2. The molecule has 0 N–H and O–H groups in total. The minimum Gasteiger partial charge on any atom is -0.325 e. The molecule has 0 aliphatic carbocycles. The van der Waals surface area contributed by atoms with E-state index in [4.69, 9.17) is 16.6 Å². The molecule has 0 aromatic heterocycles. The van der Waals surface area contributed by atoms with E-state index >= 15 is 0 Å². The maximum atomic E-state index is 12.8. The van der Waals surface area contributed by atoms with Crippen molar-refractivity contribution in [3.05, 3.63) is 28.8 Å². The van der Waals surface area contributed by atoms with Crippen molar-refractivity contribution in [3.63, 3.8) is 0 Å². The van der Waals surface area contributed by atoms with Gasteiger partial charge in [-0.3, -0.25) is 9.69 Å². The Bertz CT molecular complexity index is 795. The summed E-state index contributed by atoms with van der Waals surface area (Å²) in [5, 5.41) is 0.701. The lowest BCUT2D eigenvalue weighted by Crippen LogP contribution is -2.64. The molecule has 1 aromatic carbocycles. The zero-order valence-corrected chi connectivity index (χ0v) is 15.2. The van der Waals surface area contributed by atoms with Gasteiger partial charge in [0.05, 0.1) is 0 Å². The average molecular weight is 362 g/mol. The number of benzene rings is 1. The number of nitrogens with zero attached hydrogens (tertiary/aromatic N) is 5. The third-order valence-electron chi connectivity index (χ3n) is 5.22. The van der Waals surface area contributed by atoms with Crippen LogP contribution in [0.3, 0.4) is 0 Å². The molecule has 4 rings (SSSR count). The molecule has 2 saturated heterocycles. The molecule has 3 heterocycles. The number of imide groups is 1. The first-order valence-electron chi connectivity index (χ1n) is 8.41. The largest absolute Gasteiger partial charge is 0.328 e. The minimum atomic E-state index is -0.472. The monoisotopic (exact) mass is 361 g/mol. The predicted octanol–water partition coefficient (Wildman–Crippen LogP) is 1.75.